The molecule has 3 saturated heterocycles. The number of piperidine rings is 2. The van der Waals surface area contributed by atoms with Crippen LogP contribution in [0.4, 0.5) is 0 Å². The van der Waals surface area contributed by atoms with Gasteiger partial charge in [-0.1, -0.05) is 74.5 Å². The number of imidazole rings is 1. The molecule has 3 aliphatic heterocycles. The molecule has 4 aromatic rings. The van der Waals surface area contributed by atoms with Crippen molar-refractivity contribution in [3.63, 3.8) is 0 Å². The van der Waals surface area contributed by atoms with Gasteiger partial charge in [-0.25, -0.2) is 4.98 Å². The number of benzene rings is 3. The lowest BCUT2D eigenvalue weighted by atomic mass is 9.70. The maximum absolute atomic E-state index is 13.2. The summed E-state index contributed by atoms with van der Waals surface area (Å²) in [7, 11) is 0. The Labute approximate surface area is 251 Å². The lowest BCUT2D eigenvalue weighted by Crippen LogP contribution is -2.49. The predicted octanol–water partition coefficient (Wildman–Crippen LogP) is 7.80. The van der Waals surface area contributed by atoms with Crippen molar-refractivity contribution >= 4 is 16.9 Å². The van der Waals surface area contributed by atoms with Gasteiger partial charge < -0.3 is 9.47 Å². The fourth-order valence-electron chi connectivity index (χ4n) is 8.17. The number of carbonyl (C=O) groups excluding carboxylic acids is 1. The number of hydrogen-bond donors (Lipinski definition) is 0. The normalized spacial score (nSPS) is 23.4. The van der Waals surface area contributed by atoms with E-state index in [1.807, 2.05) is 44.2 Å². The fourth-order valence-corrected chi connectivity index (χ4v) is 8.17. The Morgan fingerprint density at radius 2 is 1.40 bits per heavy atom. The van der Waals surface area contributed by atoms with Crippen molar-refractivity contribution < 1.29 is 4.79 Å². The molecule has 3 fully saturated rings. The van der Waals surface area contributed by atoms with Crippen molar-refractivity contribution in [3.05, 3.63) is 102 Å². The lowest BCUT2D eigenvalue weighted by molar-refractivity contribution is 0.0607. The highest BCUT2D eigenvalue weighted by molar-refractivity contribution is 5.94. The summed E-state index contributed by atoms with van der Waals surface area (Å²) in [6, 6.07) is 31.4. The first-order valence-electron chi connectivity index (χ1n) is 16.2. The van der Waals surface area contributed by atoms with Crippen LogP contribution in [0.2, 0.25) is 0 Å². The molecule has 5 nitrogen and oxygen atoms in total. The molecule has 42 heavy (non-hydrogen) atoms. The number of carbonyl (C=O) groups is 1. The number of amides is 1. The second-order valence-electron chi connectivity index (χ2n) is 12.3. The Hall–Kier alpha value is -3.44. The zero-order valence-electron chi connectivity index (χ0n) is 25.6. The molecule has 4 heterocycles. The summed E-state index contributed by atoms with van der Waals surface area (Å²) in [4.78, 5) is 23.0. The average Bonchev–Trinajstić information content (AvgIpc) is 3.52. The van der Waals surface area contributed by atoms with Crippen molar-refractivity contribution in [2.75, 3.05) is 19.6 Å². The van der Waals surface area contributed by atoms with E-state index in [0.717, 1.165) is 55.8 Å². The molecule has 220 valence electrons. The van der Waals surface area contributed by atoms with Gasteiger partial charge in [-0.15, -0.1) is 0 Å². The molecule has 1 aromatic heterocycles. The number of fused-ring (bicyclic) bond motifs is 3. The van der Waals surface area contributed by atoms with Gasteiger partial charge in [0.1, 0.15) is 5.82 Å². The molecule has 7 rings (SSSR count). The number of para-hydroxylation sites is 2. The van der Waals surface area contributed by atoms with Crippen molar-refractivity contribution in [2.45, 2.75) is 89.3 Å². The van der Waals surface area contributed by atoms with E-state index in [9.17, 15) is 4.79 Å². The molecule has 2 unspecified atom stereocenters. The van der Waals surface area contributed by atoms with Gasteiger partial charge in [0.2, 0.25) is 0 Å². The zero-order valence-corrected chi connectivity index (χ0v) is 25.6. The van der Waals surface area contributed by atoms with Crippen molar-refractivity contribution in [3.8, 4) is 0 Å². The van der Waals surface area contributed by atoms with Gasteiger partial charge in [0.15, 0.2) is 0 Å². The molecular formula is C37H46N4O. The number of aromatic nitrogens is 2. The van der Waals surface area contributed by atoms with Crippen LogP contribution in [0, 0.1) is 6.92 Å². The Balaban J connectivity index is 0.00000155. The molecule has 2 atom stereocenters. The first-order chi connectivity index (χ1) is 20.6. The van der Waals surface area contributed by atoms with E-state index in [1.54, 1.807) is 0 Å². The minimum atomic E-state index is 0.127. The SMILES string of the molecule is CC.Cc1nc2ccccc2n1C1CC2CCC(C1)N2CCC1(c2ccccc2)CCN(C(=O)c2ccccc2)CC1. The van der Waals surface area contributed by atoms with Gasteiger partial charge in [0.25, 0.3) is 5.91 Å². The summed E-state index contributed by atoms with van der Waals surface area (Å²) in [6.07, 6.45) is 8.28. The Kier molecular flexibility index (Phi) is 8.48. The van der Waals surface area contributed by atoms with Gasteiger partial charge in [-0.05, 0) is 93.7 Å². The fraction of sp³-hybridized carbons (Fsp3) is 0.459. The molecule has 0 aliphatic carbocycles. The Morgan fingerprint density at radius 1 is 0.810 bits per heavy atom. The molecule has 2 bridgehead atoms. The van der Waals surface area contributed by atoms with Crippen LogP contribution in [0.5, 0.6) is 0 Å². The second kappa shape index (κ2) is 12.4. The lowest BCUT2D eigenvalue weighted by Gasteiger charge is -2.45. The molecule has 0 saturated carbocycles. The van der Waals surface area contributed by atoms with E-state index in [0.29, 0.717) is 18.1 Å². The maximum Gasteiger partial charge on any atom is 0.253 e. The van der Waals surface area contributed by atoms with E-state index < -0.39 is 0 Å². The summed E-state index contributed by atoms with van der Waals surface area (Å²) in [6.45, 7) is 8.97. The average molecular weight is 563 g/mol. The van der Waals surface area contributed by atoms with Gasteiger partial charge in [0.05, 0.1) is 11.0 Å². The number of hydrogen-bond acceptors (Lipinski definition) is 3. The van der Waals surface area contributed by atoms with Gasteiger partial charge >= 0.3 is 0 Å². The molecule has 0 spiro atoms. The summed E-state index contributed by atoms with van der Waals surface area (Å²) < 4.78 is 2.53. The van der Waals surface area contributed by atoms with E-state index in [2.05, 4.69) is 75.9 Å². The number of aryl methyl sites for hydroxylation is 1. The van der Waals surface area contributed by atoms with Crippen molar-refractivity contribution in [1.82, 2.24) is 19.4 Å². The minimum Gasteiger partial charge on any atom is -0.339 e. The highest BCUT2D eigenvalue weighted by atomic mass is 16.2. The van der Waals surface area contributed by atoms with Crippen LogP contribution in [0.1, 0.15) is 86.6 Å². The van der Waals surface area contributed by atoms with E-state index in [1.165, 1.54) is 36.8 Å². The van der Waals surface area contributed by atoms with Crippen LogP contribution >= 0.6 is 0 Å². The highest BCUT2D eigenvalue weighted by Crippen LogP contribution is 2.45. The topological polar surface area (TPSA) is 41.4 Å². The molecule has 3 aliphatic rings. The number of nitrogens with zero attached hydrogens (tertiary/aromatic N) is 4. The van der Waals surface area contributed by atoms with Crippen LogP contribution in [0.3, 0.4) is 0 Å². The zero-order chi connectivity index (χ0) is 29.1. The third kappa shape index (κ3) is 5.40. The van der Waals surface area contributed by atoms with Crippen molar-refractivity contribution in [2.24, 2.45) is 0 Å². The Morgan fingerprint density at radius 3 is 2.07 bits per heavy atom. The van der Waals surface area contributed by atoms with Crippen LogP contribution < -0.4 is 0 Å². The minimum absolute atomic E-state index is 0.127. The molecule has 1 amide bonds. The van der Waals surface area contributed by atoms with Crippen LogP contribution in [0.15, 0.2) is 84.9 Å². The summed E-state index contributed by atoms with van der Waals surface area (Å²) >= 11 is 0. The molecular weight excluding hydrogens is 516 g/mol. The number of rotatable bonds is 6. The second-order valence-corrected chi connectivity index (χ2v) is 12.3. The number of likely N-dealkylation sites (tertiary alicyclic amines) is 1. The van der Waals surface area contributed by atoms with Crippen molar-refractivity contribution in [1.29, 1.82) is 0 Å². The smallest absolute Gasteiger partial charge is 0.253 e. The van der Waals surface area contributed by atoms with E-state index in [-0.39, 0.29) is 11.3 Å². The Bertz CT molecular complexity index is 1460. The predicted molar refractivity (Wildman–Crippen MR) is 172 cm³/mol. The standard InChI is InChI=1S/C35H40N4O.C2H6/c1-26-36-32-14-8-9-15-33(32)39(26)31-24-29-16-17-30(25-31)38(29)23-20-35(28-12-6-3-7-13-28)18-21-37(22-19-35)34(40)27-10-4-2-5-11-27;1-2/h2-15,29-31H,16-25H2,1H3;1-2H3. The summed E-state index contributed by atoms with van der Waals surface area (Å²) in [5.41, 5.74) is 4.79. The summed E-state index contributed by atoms with van der Waals surface area (Å²) in [5, 5.41) is 0. The van der Waals surface area contributed by atoms with E-state index >= 15 is 0 Å². The largest absolute Gasteiger partial charge is 0.339 e. The molecule has 3 aromatic carbocycles. The molecule has 0 N–H and O–H groups in total. The van der Waals surface area contributed by atoms with Gasteiger partial charge in [0, 0.05) is 36.8 Å². The van der Waals surface area contributed by atoms with Gasteiger partial charge in [-0.2, -0.15) is 0 Å². The summed E-state index contributed by atoms with van der Waals surface area (Å²) in [5.74, 6) is 1.32. The van der Waals surface area contributed by atoms with Crippen LogP contribution in [-0.2, 0) is 5.41 Å². The third-order valence-electron chi connectivity index (χ3n) is 10.3. The van der Waals surface area contributed by atoms with Crippen LogP contribution in [-0.4, -0.2) is 57.0 Å². The highest BCUT2D eigenvalue weighted by Gasteiger charge is 2.44. The third-order valence-corrected chi connectivity index (χ3v) is 10.3. The monoisotopic (exact) mass is 562 g/mol. The molecule has 0 radical (unpaired) electrons. The molecule has 5 heteroatoms. The first kappa shape index (κ1) is 28.7. The quantitative estimate of drug-likeness (QED) is 0.241. The van der Waals surface area contributed by atoms with Crippen LogP contribution in [0.25, 0.3) is 11.0 Å². The maximum atomic E-state index is 13.2. The first-order valence-corrected chi connectivity index (χ1v) is 16.2. The van der Waals surface area contributed by atoms with Gasteiger partial charge in [-0.3, -0.25) is 9.69 Å². The van der Waals surface area contributed by atoms with E-state index in [4.69, 9.17) is 4.98 Å².